The third-order valence-electron chi connectivity index (χ3n) is 2.33. The van der Waals surface area contributed by atoms with Crippen molar-refractivity contribution in [3.05, 3.63) is 24.3 Å². The highest BCUT2D eigenvalue weighted by molar-refractivity contribution is 7.89. The minimum absolute atomic E-state index is 0.0165. The highest BCUT2D eigenvalue weighted by atomic mass is 32.2. The molecule has 1 fully saturated rings. The van der Waals surface area contributed by atoms with E-state index in [4.69, 9.17) is 5.73 Å². The van der Waals surface area contributed by atoms with Crippen LogP contribution in [0.5, 0.6) is 0 Å². The summed E-state index contributed by atoms with van der Waals surface area (Å²) in [6.07, 6.45) is 0. The number of nitrogens with zero attached hydrogens (tertiary/aromatic N) is 1. The number of hydrogen-bond donors (Lipinski definition) is 1. The van der Waals surface area contributed by atoms with Gasteiger partial charge in [0.2, 0.25) is 10.0 Å². The first-order valence-corrected chi connectivity index (χ1v) is 5.99. The molecule has 1 aliphatic heterocycles. The molecule has 1 saturated heterocycles. The van der Waals surface area contributed by atoms with Gasteiger partial charge in [0.15, 0.2) is 0 Å². The van der Waals surface area contributed by atoms with Crippen molar-refractivity contribution in [1.29, 1.82) is 0 Å². The van der Waals surface area contributed by atoms with Crippen LogP contribution >= 0.6 is 0 Å². The Morgan fingerprint density at radius 1 is 1.19 bits per heavy atom. The van der Waals surface area contributed by atoms with Crippen molar-refractivity contribution in [1.82, 2.24) is 4.31 Å². The molecule has 1 aromatic carbocycles. The standard InChI is InChI=1S/C9H10F2N2O2S/c10-9(11)5-13(6-9)16(14,15)8-3-1-7(12)2-4-8/h1-4H,5-6,12H2. The molecular weight excluding hydrogens is 238 g/mol. The topological polar surface area (TPSA) is 63.4 Å². The molecule has 1 aromatic rings. The predicted molar refractivity (Wildman–Crippen MR) is 54.6 cm³/mol. The van der Waals surface area contributed by atoms with E-state index in [0.29, 0.717) is 5.69 Å². The van der Waals surface area contributed by atoms with Crippen LogP contribution in [-0.4, -0.2) is 31.7 Å². The molecule has 0 aromatic heterocycles. The third kappa shape index (κ3) is 1.88. The second-order valence-corrected chi connectivity index (χ2v) is 5.64. The first kappa shape index (κ1) is 11.3. The Bertz CT molecular complexity index is 491. The molecule has 2 rings (SSSR count). The van der Waals surface area contributed by atoms with Gasteiger partial charge in [-0.2, -0.15) is 4.31 Å². The van der Waals surface area contributed by atoms with Crippen LogP contribution in [0, 0.1) is 0 Å². The van der Waals surface area contributed by atoms with Crippen molar-refractivity contribution in [2.45, 2.75) is 10.8 Å². The molecule has 4 nitrogen and oxygen atoms in total. The SMILES string of the molecule is Nc1ccc(S(=O)(=O)N2CC(F)(F)C2)cc1. The first-order chi connectivity index (χ1) is 7.31. The normalized spacial score (nSPS) is 20.4. The summed E-state index contributed by atoms with van der Waals surface area (Å²) in [5.74, 6) is -2.90. The van der Waals surface area contributed by atoms with Gasteiger partial charge in [-0.3, -0.25) is 0 Å². The Labute approximate surface area is 91.7 Å². The summed E-state index contributed by atoms with van der Waals surface area (Å²) in [4.78, 5) is -0.0165. The molecule has 0 spiro atoms. The van der Waals surface area contributed by atoms with Crippen molar-refractivity contribution in [3.8, 4) is 0 Å². The fourth-order valence-corrected chi connectivity index (χ4v) is 2.92. The van der Waals surface area contributed by atoms with Gasteiger partial charge in [0.05, 0.1) is 18.0 Å². The molecule has 0 atom stereocenters. The maximum Gasteiger partial charge on any atom is 0.275 e. The molecule has 1 heterocycles. The molecule has 88 valence electrons. The average Bonchev–Trinajstić information content (AvgIpc) is 2.14. The average molecular weight is 248 g/mol. The lowest BCUT2D eigenvalue weighted by molar-refractivity contribution is -0.0945. The van der Waals surface area contributed by atoms with Gasteiger partial charge in [0, 0.05) is 5.69 Å². The highest BCUT2D eigenvalue weighted by Gasteiger charge is 2.49. The minimum Gasteiger partial charge on any atom is -0.399 e. The Kier molecular flexibility index (Phi) is 2.39. The number of nitrogen functional groups attached to an aromatic ring is 1. The zero-order chi connectivity index (χ0) is 12.0. The van der Waals surface area contributed by atoms with E-state index in [2.05, 4.69) is 0 Å². The van der Waals surface area contributed by atoms with Crippen molar-refractivity contribution in [3.63, 3.8) is 0 Å². The van der Waals surface area contributed by atoms with Gasteiger partial charge in [-0.15, -0.1) is 0 Å². The third-order valence-corrected chi connectivity index (χ3v) is 4.14. The van der Waals surface area contributed by atoms with Crippen molar-refractivity contribution in [2.75, 3.05) is 18.8 Å². The lowest BCUT2D eigenvalue weighted by Crippen LogP contribution is -2.58. The van der Waals surface area contributed by atoms with Crippen molar-refractivity contribution in [2.24, 2.45) is 0 Å². The maximum atomic E-state index is 12.6. The smallest absolute Gasteiger partial charge is 0.275 e. The zero-order valence-electron chi connectivity index (χ0n) is 8.23. The van der Waals surface area contributed by atoms with Gasteiger partial charge >= 0.3 is 0 Å². The molecule has 0 bridgehead atoms. The van der Waals surface area contributed by atoms with E-state index in [1.807, 2.05) is 0 Å². The molecule has 1 aliphatic rings. The van der Waals surface area contributed by atoms with Crippen molar-refractivity contribution < 1.29 is 17.2 Å². The van der Waals surface area contributed by atoms with E-state index < -0.39 is 29.0 Å². The minimum atomic E-state index is -3.79. The van der Waals surface area contributed by atoms with Crippen molar-refractivity contribution >= 4 is 15.7 Å². The number of nitrogens with two attached hydrogens (primary N) is 1. The van der Waals surface area contributed by atoms with E-state index in [0.717, 1.165) is 4.31 Å². The second-order valence-electron chi connectivity index (χ2n) is 3.70. The monoisotopic (exact) mass is 248 g/mol. The molecule has 0 saturated carbocycles. The van der Waals surface area contributed by atoms with E-state index in [1.54, 1.807) is 0 Å². The predicted octanol–water partition coefficient (Wildman–Crippen LogP) is 0.908. The fraction of sp³-hybridized carbons (Fsp3) is 0.333. The summed E-state index contributed by atoms with van der Waals surface area (Å²) in [6.45, 7) is -1.50. The largest absolute Gasteiger partial charge is 0.399 e. The Morgan fingerprint density at radius 2 is 1.69 bits per heavy atom. The molecule has 0 aliphatic carbocycles. The molecule has 16 heavy (non-hydrogen) atoms. The van der Waals surface area contributed by atoms with Gasteiger partial charge in [-0.25, -0.2) is 17.2 Å². The summed E-state index contributed by atoms with van der Waals surface area (Å²) in [5, 5.41) is 0. The van der Waals surface area contributed by atoms with Gasteiger partial charge in [-0.05, 0) is 24.3 Å². The number of anilines is 1. The number of hydrogen-bond acceptors (Lipinski definition) is 3. The molecule has 2 N–H and O–H groups in total. The Balaban J connectivity index is 2.24. The van der Waals surface area contributed by atoms with Gasteiger partial charge in [-0.1, -0.05) is 0 Å². The summed E-state index contributed by atoms with van der Waals surface area (Å²) in [5.41, 5.74) is 5.83. The molecule has 0 radical (unpaired) electrons. The van der Waals surface area contributed by atoms with Crippen LogP contribution in [0.3, 0.4) is 0 Å². The van der Waals surface area contributed by atoms with Crippen LogP contribution in [0.15, 0.2) is 29.2 Å². The molecule has 7 heteroatoms. The lowest BCUT2D eigenvalue weighted by atomic mass is 10.2. The molecule has 0 amide bonds. The molecular formula is C9H10F2N2O2S. The van der Waals surface area contributed by atoms with Gasteiger partial charge in [0.25, 0.3) is 5.92 Å². The number of benzene rings is 1. The van der Waals surface area contributed by atoms with Crippen LogP contribution in [-0.2, 0) is 10.0 Å². The number of sulfonamides is 1. The zero-order valence-corrected chi connectivity index (χ0v) is 9.05. The van der Waals surface area contributed by atoms with Crippen LogP contribution in [0.25, 0.3) is 0 Å². The summed E-state index contributed by atoms with van der Waals surface area (Å²) >= 11 is 0. The van der Waals surface area contributed by atoms with Gasteiger partial charge in [0.1, 0.15) is 0 Å². The molecule has 0 unspecified atom stereocenters. The Hall–Kier alpha value is -1.21. The maximum absolute atomic E-state index is 12.6. The van der Waals surface area contributed by atoms with Crippen LogP contribution in [0.1, 0.15) is 0 Å². The van der Waals surface area contributed by atoms with E-state index in [9.17, 15) is 17.2 Å². The van der Waals surface area contributed by atoms with E-state index in [-0.39, 0.29) is 4.90 Å². The lowest BCUT2D eigenvalue weighted by Gasteiger charge is -2.37. The summed E-state index contributed by atoms with van der Waals surface area (Å²) in [6, 6.07) is 5.46. The first-order valence-electron chi connectivity index (χ1n) is 4.55. The summed E-state index contributed by atoms with van der Waals surface area (Å²) < 4.78 is 49.4. The quantitative estimate of drug-likeness (QED) is 0.791. The number of halogens is 2. The van der Waals surface area contributed by atoms with Crippen LogP contribution in [0.4, 0.5) is 14.5 Å². The van der Waals surface area contributed by atoms with Gasteiger partial charge < -0.3 is 5.73 Å². The van der Waals surface area contributed by atoms with E-state index >= 15 is 0 Å². The highest BCUT2D eigenvalue weighted by Crippen LogP contribution is 2.32. The fourth-order valence-electron chi connectivity index (χ4n) is 1.43. The number of alkyl halides is 2. The van der Waals surface area contributed by atoms with E-state index in [1.165, 1.54) is 24.3 Å². The second kappa shape index (κ2) is 3.39. The Morgan fingerprint density at radius 3 is 2.12 bits per heavy atom. The summed E-state index contributed by atoms with van der Waals surface area (Å²) in [7, 11) is -3.79. The van der Waals surface area contributed by atoms with Crippen LogP contribution in [0.2, 0.25) is 0 Å². The number of rotatable bonds is 2. The van der Waals surface area contributed by atoms with Crippen LogP contribution < -0.4 is 5.73 Å².